The molecule has 1 nitrogen and oxygen atoms in total. The molecule has 0 aliphatic carbocycles. The number of nitrogens with two attached hydrogens (primary N) is 1. The van der Waals surface area contributed by atoms with Gasteiger partial charge in [-0.1, -0.05) is 17.8 Å². The second-order valence-corrected chi connectivity index (χ2v) is 5.75. The van der Waals surface area contributed by atoms with Crippen LogP contribution in [0.2, 0.25) is 0 Å². The summed E-state index contributed by atoms with van der Waals surface area (Å²) in [6.07, 6.45) is 0.699. The molecule has 0 heterocycles. The summed E-state index contributed by atoms with van der Waals surface area (Å²) in [7, 11) is 0. The lowest BCUT2D eigenvalue weighted by atomic mass is 10.1. The molecule has 0 unspecified atom stereocenters. The van der Waals surface area contributed by atoms with Crippen molar-refractivity contribution in [3.8, 4) is 0 Å². The van der Waals surface area contributed by atoms with Gasteiger partial charge in [-0.05, 0) is 73.8 Å². The second kappa shape index (κ2) is 6.22. The Hall–Kier alpha value is -1.32. The number of hydrogen-bond donors (Lipinski definition) is 1. The van der Waals surface area contributed by atoms with Crippen LogP contribution in [0, 0.1) is 19.7 Å². The van der Waals surface area contributed by atoms with Crippen molar-refractivity contribution in [2.75, 3.05) is 6.54 Å². The fourth-order valence-corrected chi connectivity index (χ4v) is 2.96. The Morgan fingerprint density at radius 1 is 1.05 bits per heavy atom. The number of hydrogen-bond acceptors (Lipinski definition) is 2. The van der Waals surface area contributed by atoms with Gasteiger partial charge in [-0.15, -0.1) is 0 Å². The Balaban J connectivity index is 2.29. The standard InChI is InChI=1S/C16H18FNS/c1-11-3-5-15(9-12(11)2)19-16-6-4-14(17)10-13(16)7-8-18/h3-6,9-10H,7-8,18H2,1-2H3. The molecule has 2 aromatic carbocycles. The maximum atomic E-state index is 13.3. The van der Waals surface area contributed by atoms with Crippen molar-refractivity contribution >= 4 is 11.8 Å². The minimum atomic E-state index is -0.201. The first-order valence-corrected chi connectivity index (χ1v) is 7.15. The van der Waals surface area contributed by atoms with E-state index in [9.17, 15) is 4.39 Å². The van der Waals surface area contributed by atoms with Crippen LogP contribution in [0.5, 0.6) is 0 Å². The van der Waals surface area contributed by atoms with E-state index in [0.29, 0.717) is 13.0 Å². The first-order valence-electron chi connectivity index (χ1n) is 6.34. The molecule has 0 saturated carbocycles. The van der Waals surface area contributed by atoms with Gasteiger partial charge in [-0.25, -0.2) is 4.39 Å². The summed E-state index contributed by atoms with van der Waals surface area (Å²) in [5.41, 5.74) is 9.12. The fourth-order valence-electron chi connectivity index (χ4n) is 1.90. The molecule has 0 fully saturated rings. The van der Waals surface area contributed by atoms with Gasteiger partial charge in [0.2, 0.25) is 0 Å². The average Bonchev–Trinajstić information content (AvgIpc) is 2.37. The van der Waals surface area contributed by atoms with E-state index in [-0.39, 0.29) is 5.82 Å². The van der Waals surface area contributed by atoms with Crippen molar-refractivity contribution in [1.29, 1.82) is 0 Å². The van der Waals surface area contributed by atoms with Gasteiger partial charge in [-0.3, -0.25) is 0 Å². The SMILES string of the molecule is Cc1ccc(Sc2ccc(F)cc2CCN)cc1C. The third-order valence-electron chi connectivity index (χ3n) is 3.14. The molecular formula is C16H18FNS. The van der Waals surface area contributed by atoms with Gasteiger partial charge in [0.25, 0.3) is 0 Å². The largest absolute Gasteiger partial charge is 0.330 e. The predicted molar refractivity (Wildman–Crippen MR) is 79.2 cm³/mol. The van der Waals surface area contributed by atoms with Crippen LogP contribution in [0.25, 0.3) is 0 Å². The Kier molecular flexibility index (Phi) is 4.61. The van der Waals surface area contributed by atoms with Gasteiger partial charge < -0.3 is 5.73 Å². The van der Waals surface area contributed by atoms with Crippen molar-refractivity contribution in [2.45, 2.75) is 30.1 Å². The van der Waals surface area contributed by atoms with E-state index in [1.54, 1.807) is 17.8 Å². The first-order chi connectivity index (χ1) is 9.10. The smallest absolute Gasteiger partial charge is 0.123 e. The first kappa shape index (κ1) is 14.1. The molecule has 0 bridgehead atoms. The van der Waals surface area contributed by atoms with Crippen molar-refractivity contribution in [3.63, 3.8) is 0 Å². The lowest BCUT2D eigenvalue weighted by Gasteiger charge is -2.10. The van der Waals surface area contributed by atoms with E-state index in [2.05, 4.69) is 32.0 Å². The molecular weight excluding hydrogens is 257 g/mol. The topological polar surface area (TPSA) is 26.0 Å². The number of rotatable bonds is 4. The van der Waals surface area contributed by atoms with Crippen LogP contribution in [-0.2, 0) is 6.42 Å². The molecule has 3 heteroatoms. The highest BCUT2D eigenvalue weighted by molar-refractivity contribution is 7.99. The molecule has 0 aliphatic rings. The van der Waals surface area contributed by atoms with Crippen molar-refractivity contribution in [1.82, 2.24) is 0 Å². The van der Waals surface area contributed by atoms with Gasteiger partial charge >= 0.3 is 0 Å². The van der Waals surface area contributed by atoms with Crippen LogP contribution in [0.15, 0.2) is 46.2 Å². The minimum absolute atomic E-state index is 0.201. The molecule has 0 radical (unpaired) electrons. The fraction of sp³-hybridized carbons (Fsp3) is 0.250. The van der Waals surface area contributed by atoms with Crippen molar-refractivity contribution in [2.24, 2.45) is 5.73 Å². The average molecular weight is 275 g/mol. The Labute approximate surface area is 118 Å². The van der Waals surface area contributed by atoms with Gasteiger partial charge in [0, 0.05) is 9.79 Å². The van der Waals surface area contributed by atoms with Gasteiger partial charge in [0.15, 0.2) is 0 Å². The third kappa shape index (κ3) is 3.58. The summed E-state index contributed by atoms with van der Waals surface area (Å²) >= 11 is 1.66. The van der Waals surface area contributed by atoms with Crippen molar-refractivity contribution < 1.29 is 4.39 Å². The highest BCUT2D eigenvalue weighted by Gasteiger charge is 2.06. The van der Waals surface area contributed by atoms with E-state index in [1.807, 2.05) is 6.07 Å². The summed E-state index contributed by atoms with van der Waals surface area (Å²) < 4.78 is 13.3. The molecule has 100 valence electrons. The lowest BCUT2D eigenvalue weighted by Crippen LogP contribution is -2.04. The molecule has 0 aromatic heterocycles. The second-order valence-electron chi connectivity index (χ2n) is 4.64. The van der Waals surface area contributed by atoms with Crippen LogP contribution in [0.3, 0.4) is 0 Å². The molecule has 2 rings (SSSR count). The molecule has 2 aromatic rings. The van der Waals surface area contributed by atoms with Crippen LogP contribution < -0.4 is 5.73 Å². The Bertz CT molecular complexity index is 581. The van der Waals surface area contributed by atoms with Crippen LogP contribution in [-0.4, -0.2) is 6.54 Å². The summed E-state index contributed by atoms with van der Waals surface area (Å²) in [6.45, 7) is 4.73. The zero-order chi connectivity index (χ0) is 13.8. The summed E-state index contributed by atoms with van der Waals surface area (Å²) in [6, 6.07) is 11.3. The highest BCUT2D eigenvalue weighted by Crippen LogP contribution is 2.32. The van der Waals surface area contributed by atoms with E-state index < -0.39 is 0 Å². The van der Waals surface area contributed by atoms with E-state index >= 15 is 0 Å². The summed E-state index contributed by atoms with van der Waals surface area (Å²) in [4.78, 5) is 2.25. The molecule has 19 heavy (non-hydrogen) atoms. The molecule has 0 amide bonds. The molecule has 0 spiro atoms. The lowest BCUT2D eigenvalue weighted by molar-refractivity contribution is 0.623. The quantitative estimate of drug-likeness (QED) is 0.909. The monoisotopic (exact) mass is 275 g/mol. The molecule has 0 saturated heterocycles. The normalized spacial score (nSPS) is 10.7. The maximum Gasteiger partial charge on any atom is 0.123 e. The zero-order valence-electron chi connectivity index (χ0n) is 11.2. The highest BCUT2D eigenvalue weighted by atomic mass is 32.2. The number of benzene rings is 2. The van der Waals surface area contributed by atoms with E-state index in [1.165, 1.54) is 22.1 Å². The molecule has 0 aliphatic heterocycles. The third-order valence-corrected chi connectivity index (χ3v) is 4.25. The van der Waals surface area contributed by atoms with Gasteiger partial charge in [0.1, 0.15) is 5.82 Å². The van der Waals surface area contributed by atoms with Gasteiger partial charge in [0.05, 0.1) is 0 Å². The summed E-state index contributed by atoms with van der Waals surface area (Å²) in [5.74, 6) is -0.201. The number of aryl methyl sites for hydroxylation is 2. The summed E-state index contributed by atoms with van der Waals surface area (Å²) in [5, 5.41) is 0. The van der Waals surface area contributed by atoms with Crippen LogP contribution in [0.1, 0.15) is 16.7 Å². The van der Waals surface area contributed by atoms with E-state index in [0.717, 1.165) is 10.5 Å². The molecule has 2 N–H and O–H groups in total. The maximum absolute atomic E-state index is 13.3. The predicted octanol–water partition coefficient (Wildman–Crippen LogP) is 4.09. The van der Waals surface area contributed by atoms with Crippen molar-refractivity contribution in [3.05, 3.63) is 58.9 Å². The number of halogens is 1. The van der Waals surface area contributed by atoms with E-state index in [4.69, 9.17) is 5.73 Å². The van der Waals surface area contributed by atoms with Gasteiger partial charge in [-0.2, -0.15) is 0 Å². The Morgan fingerprint density at radius 3 is 2.53 bits per heavy atom. The Morgan fingerprint density at radius 2 is 1.84 bits per heavy atom. The van der Waals surface area contributed by atoms with Crippen LogP contribution in [0.4, 0.5) is 4.39 Å². The minimum Gasteiger partial charge on any atom is -0.330 e. The van der Waals surface area contributed by atoms with Crippen LogP contribution >= 0.6 is 11.8 Å². The zero-order valence-corrected chi connectivity index (χ0v) is 12.1. The molecule has 0 atom stereocenters.